The van der Waals surface area contributed by atoms with Crippen molar-refractivity contribution in [1.29, 1.82) is 0 Å². The van der Waals surface area contributed by atoms with Gasteiger partial charge in [0.1, 0.15) is 5.82 Å². The molecule has 1 aromatic rings. The molecule has 1 unspecified atom stereocenters. The van der Waals surface area contributed by atoms with Crippen molar-refractivity contribution in [1.82, 2.24) is 19.8 Å². The fourth-order valence-electron chi connectivity index (χ4n) is 3.30. The molecule has 2 aliphatic heterocycles. The minimum absolute atomic E-state index is 0.0560. The molecule has 0 N–H and O–H groups in total. The van der Waals surface area contributed by atoms with Gasteiger partial charge in [0.25, 0.3) is 5.91 Å². The predicted octanol–water partition coefficient (Wildman–Crippen LogP) is 2.56. The van der Waals surface area contributed by atoms with Crippen LogP contribution in [0.25, 0.3) is 0 Å². The third-order valence-electron chi connectivity index (χ3n) is 4.61. The second kappa shape index (κ2) is 6.50. The van der Waals surface area contributed by atoms with Crippen LogP contribution in [0, 0.1) is 0 Å². The first kappa shape index (κ1) is 15.7. The lowest BCUT2D eigenvalue weighted by Gasteiger charge is -2.43. The third-order valence-corrected chi connectivity index (χ3v) is 4.88. The number of piperazine rings is 1. The van der Waals surface area contributed by atoms with Gasteiger partial charge in [0.2, 0.25) is 0 Å². The van der Waals surface area contributed by atoms with Gasteiger partial charge in [-0.25, -0.2) is 9.97 Å². The van der Waals surface area contributed by atoms with E-state index in [0.29, 0.717) is 22.6 Å². The quantitative estimate of drug-likeness (QED) is 0.839. The lowest BCUT2D eigenvalue weighted by Crippen LogP contribution is -2.56. The Hall–Kier alpha value is -1.20. The highest BCUT2D eigenvalue weighted by Gasteiger charge is 2.32. The topological polar surface area (TPSA) is 49.3 Å². The minimum atomic E-state index is -0.0560. The van der Waals surface area contributed by atoms with Gasteiger partial charge in [0.05, 0.1) is 11.2 Å². The van der Waals surface area contributed by atoms with E-state index in [1.807, 2.05) is 18.7 Å². The predicted molar refractivity (Wildman–Crippen MR) is 86.2 cm³/mol. The van der Waals surface area contributed by atoms with Crippen molar-refractivity contribution >= 4 is 17.5 Å². The summed E-state index contributed by atoms with van der Waals surface area (Å²) in [6, 6.07) is 0.497. The van der Waals surface area contributed by atoms with E-state index in [1.54, 1.807) is 6.20 Å². The van der Waals surface area contributed by atoms with Gasteiger partial charge in [-0.15, -0.1) is 0 Å². The van der Waals surface area contributed by atoms with Gasteiger partial charge in [0.15, 0.2) is 5.69 Å². The van der Waals surface area contributed by atoms with Crippen LogP contribution in [-0.2, 0) is 0 Å². The summed E-state index contributed by atoms with van der Waals surface area (Å²) in [5.41, 5.74) is 0.352. The van der Waals surface area contributed by atoms with Crippen LogP contribution in [0.5, 0.6) is 0 Å². The van der Waals surface area contributed by atoms with Crippen molar-refractivity contribution in [2.24, 2.45) is 0 Å². The molecule has 120 valence electrons. The highest BCUT2D eigenvalue weighted by molar-refractivity contribution is 6.33. The molecule has 3 heterocycles. The molecule has 0 spiro atoms. The first-order valence-electron chi connectivity index (χ1n) is 8.12. The summed E-state index contributed by atoms with van der Waals surface area (Å²) in [4.78, 5) is 25.8. The van der Waals surface area contributed by atoms with Crippen LogP contribution < -0.4 is 0 Å². The molecule has 0 saturated carbocycles. The molecule has 1 atom stereocenters. The standard InChI is InChI=1S/C16H23ClN4O/c1-11(2)15-18-9-13(17)14(19-15)16(22)21-8-7-20-6-4-3-5-12(20)10-21/h9,11-12H,3-8,10H2,1-2H3. The van der Waals surface area contributed by atoms with E-state index in [2.05, 4.69) is 14.9 Å². The van der Waals surface area contributed by atoms with E-state index in [-0.39, 0.29) is 11.8 Å². The van der Waals surface area contributed by atoms with Gasteiger partial charge >= 0.3 is 0 Å². The molecule has 0 bridgehead atoms. The summed E-state index contributed by atoms with van der Waals surface area (Å²) >= 11 is 6.17. The molecule has 6 heteroatoms. The summed E-state index contributed by atoms with van der Waals surface area (Å²) < 4.78 is 0. The Balaban J connectivity index is 1.77. The Labute approximate surface area is 136 Å². The fourth-order valence-corrected chi connectivity index (χ4v) is 3.47. The van der Waals surface area contributed by atoms with Crippen molar-refractivity contribution in [3.05, 3.63) is 22.7 Å². The van der Waals surface area contributed by atoms with Crippen LogP contribution in [0.1, 0.15) is 55.3 Å². The van der Waals surface area contributed by atoms with Crippen molar-refractivity contribution < 1.29 is 4.79 Å². The lowest BCUT2D eigenvalue weighted by molar-refractivity contribution is 0.0368. The molecule has 3 rings (SSSR count). The van der Waals surface area contributed by atoms with Gasteiger partial charge < -0.3 is 4.90 Å². The molecule has 1 aromatic heterocycles. The van der Waals surface area contributed by atoms with Crippen LogP contribution in [0.3, 0.4) is 0 Å². The number of amides is 1. The number of carbonyl (C=O) groups is 1. The van der Waals surface area contributed by atoms with Crippen LogP contribution in [0.15, 0.2) is 6.20 Å². The highest BCUT2D eigenvalue weighted by Crippen LogP contribution is 2.24. The van der Waals surface area contributed by atoms with E-state index in [4.69, 9.17) is 11.6 Å². The summed E-state index contributed by atoms with van der Waals surface area (Å²) in [5.74, 6) is 0.794. The maximum atomic E-state index is 12.8. The third kappa shape index (κ3) is 3.10. The van der Waals surface area contributed by atoms with Crippen molar-refractivity contribution in [3.8, 4) is 0 Å². The largest absolute Gasteiger partial charge is 0.334 e. The van der Waals surface area contributed by atoms with E-state index in [1.165, 1.54) is 25.8 Å². The number of rotatable bonds is 2. The van der Waals surface area contributed by atoms with E-state index in [9.17, 15) is 4.79 Å². The zero-order valence-corrected chi connectivity index (χ0v) is 14.0. The number of nitrogens with zero attached hydrogens (tertiary/aromatic N) is 4. The number of hydrogen-bond donors (Lipinski definition) is 0. The summed E-state index contributed by atoms with van der Waals surface area (Å²) in [7, 11) is 0. The molecule has 5 nitrogen and oxygen atoms in total. The molecule has 0 aromatic carbocycles. The van der Waals surface area contributed by atoms with Crippen molar-refractivity contribution in [2.45, 2.75) is 45.1 Å². The average Bonchev–Trinajstić information content (AvgIpc) is 2.54. The Bertz CT molecular complexity index is 563. The monoisotopic (exact) mass is 322 g/mol. The van der Waals surface area contributed by atoms with Crippen molar-refractivity contribution in [3.63, 3.8) is 0 Å². The fraction of sp³-hybridized carbons (Fsp3) is 0.688. The minimum Gasteiger partial charge on any atom is -0.334 e. The summed E-state index contributed by atoms with van der Waals surface area (Å²) in [6.07, 6.45) is 5.27. The number of fused-ring (bicyclic) bond motifs is 1. The molecule has 1 amide bonds. The zero-order valence-electron chi connectivity index (χ0n) is 13.3. The molecular weight excluding hydrogens is 300 g/mol. The number of carbonyl (C=O) groups excluding carboxylic acids is 1. The van der Waals surface area contributed by atoms with E-state index in [0.717, 1.165) is 19.6 Å². The Morgan fingerprint density at radius 1 is 1.32 bits per heavy atom. The van der Waals surface area contributed by atoms with Gasteiger partial charge in [-0.05, 0) is 19.4 Å². The molecule has 2 aliphatic rings. The van der Waals surface area contributed by atoms with Gasteiger partial charge in [-0.2, -0.15) is 0 Å². The summed E-state index contributed by atoms with van der Waals surface area (Å²) in [5, 5.41) is 0.348. The molecule has 0 radical (unpaired) electrons. The average molecular weight is 323 g/mol. The maximum absolute atomic E-state index is 12.8. The van der Waals surface area contributed by atoms with Crippen LogP contribution in [-0.4, -0.2) is 57.9 Å². The second-order valence-corrected chi connectivity index (χ2v) is 6.92. The zero-order chi connectivity index (χ0) is 15.7. The molecule has 2 saturated heterocycles. The SMILES string of the molecule is CC(C)c1ncc(Cl)c(C(=O)N2CCN3CCCCC3C2)n1. The normalized spacial score (nSPS) is 22.7. The van der Waals surface area contributed by atoms with E-state index >= 15 is 0 Å². The highest BCUT2D eigenvalue weighted by atomic mass is 35.5. The lowest BCUT2D eigenvalue weighted by atomic mass is 9.99. The molecule has 2 fully saturated rings. The Kier molecular flexibility index (Phi) is 4.64. The molecular formula is C16H23ClN4O. The van der Waals surface area contributed by atoms with Crippen LogP contribution in [0.2, 0.25) is 5.02 Å². The van der Waals surface area contributed by atoms with Gasteiger partial charge in [-0.1, -0.05) is 31.9 Å². The second-order valence-electron chi connectivity index (χ2n) is 6.52. The number of hydrogen-bond acceptors (Lipinski definition) is 4. The number of piperidine rings is 1. The smallest absolute Gasteiger partial charge is 0.274 e. The summed E-state index contributed by atoms with van der Waals surface area (Å²) in [6.45, 7) is 7.69. The van der Waals surface area contributed by atoms with Gasteiger partial charge in [0, 0.05) is 31.6 Å². The van der Waals surface area contributed by atoms with Crippen molar-refractivity contribution in [2.75, 3.05) is 26.2 Å². The number of aromatic nitrogens is 2. The van der Waals surface area contributed by atoms with Crippen LogP contribution >= 0.6 is 11.6 Å². The first-order valence-corrected chi connectivity index (χ1v) is 8.50. The van der Waals surface area contributed by atoms with Crippen LogP contribution in [0.4, 0.5) is 0 Å². The van der Waals surface area contributed by atoms with Gasteiger partial charge in [-0.3, -0.25) is 9.69 Å². The molecule has 0 aliphatic carbocycles. The first-order chi connectivity index (χ1) is 10.6. The number of halogens is 1. The maximum Gasteiger partial charge on any atom is 0.274 e. The Morgan fingerprint density at radius 2 is 2.14 bits per heavy atom. The molecule has 22 heavy (non-hydrogen) atoms. The Morgan fingerprint density at radius 3 is 2.91 bits per heavy atom. The van der Waals surface area contributed by atoms with E-state index < -0.39 is 0 Å².